The van der Waals surface area contributed by atoms with Gasteiger partial charge in [0, 0.05) is 6.54 Å². The van der Waals surface area contributed by atoms with Crippen molar-refractivity contribution in [3.8, 4) is 11.8 Å². The highest BCUT2D eigenvalue weighted by Crippen LogP contribution is 2.17. The Kier molecular flexibility index (Phi) is 5.15. The number of nitrogens with zero attached hydrogens (tertiary/aromatic N) is 1. The van der Waals surface area contributed by atoms with E-state index in [0.717, 1.165) is 11.3 Å². The number of sulfonamides is 1. The molecule has 0 amide bonds. The van der Waals surface area contributed by atoms with E-state index in [1.54, 1.807) is 19.2 Å². The molecule has 0 aromatic heterocycles. The first-order valence-electron chi connectivity index (χ1n) is 6.68. The van der Waals surface area contributed by atoms with Gasteiger partial charge < -0.3 is 4.74 Å². The van der Waals surface area contributed by atoms with E-state index in [1.165, 1.54) is 12.1 Å². The maximum Gasteiger partial charge on any atom is 0.240 e. The summed E-state index contributed by atoms with van der Waals surface area (Å²) in [5.41, 5.74) is 1.24. The standard InChI is InChI=1S/C16H16N2O3S/c1-21-16-8-3-2-6-14(16)9-10-18-22(19,20)15-7-4-5-13(11-15)12-17/h2-8,11,18H,9-10H2,1H3. The van der Waals surface area contributed by atoms with Crippen LogP contribution >= 0.6 is 0 Å². The van der Waals surface area contributed by atoms with Crippen LogP contribution in [0.15, 0.2) is 53.4 Å². The smallest absolute Gasteiger partial charge is 0.240 e. The van der Waals surface area contributed by atoms with Gasteiger partial charge in [0.15, 0.2) is 0 Å². The first-order chi connectivity index (χ1) is 10.6. The topological polar surface area (TPSA) is 79.2 Å². The van der Waals surface area contributed by atoms with Gasteiger partial charge >= 0.3 is 0 Å². The summed E-state index contributed by atoms with van der Waals surface area (Å²) in [5.74, 6) is 0.730. The average Bonchev–Trinajstić information content (AvgIpc) is 2.55. The van der Waals surface area contributed by atoms with E-state index in [4.69, 9.17) is 10.00 Å². The van der Waals surface area contributed by atoms with Crippen LogP contribution in [0.3, 0.4) is 0 Å². The van der Waals surface area contributed by atoms with Gasteiger partial charge in [0.1, 0.15) is 5.75 Å². The molecule has 114 valence electrons. The van der Waals surface area contributed by atoms with Gasteiger partial charge in [-0.1, -0.05) is 24.3 Å². The highest BCUT2D eigenvalue weighted by atomic mass is 32.2. The quantitative estimate of drug-likeness (QED) is 0.885. The van der Waals surface area contributed by atoms with E-state index in [1.807, 2.05) is 30.3 Å². The largest absolute Gasteiger partial charge is 0.496 e. The fraction of sp³-hybridized carbons (Fsp3) is 0.188. The number of benzene rings is 2. The summed E-state index contributed by atoms with van der Waals surface area (Å²) in [4.78, 5) is 0.0894. The van der Waals surface area contributed by atoms with Crippen LogP contribution in [0.2, 0.25) is 0 Å². The van der Waals surface area contributed by atoms with Crippen LogP contribution in [-0.2, 0) is 16.4 Å². The lowest BCUT2D eigenvalue weighted by Gasteiger charge is -2.09. The third-order valence-electron chi connectivity index (χ3n) is 3.15. The van der Waals surface area contributed by atoms with Crippen LogP contribution in [0, 0.1) is 11.3 Å². The van der Waals surface area contributed by atoms with Crippen LogP contribution in [0.25, 0.3) is 0 Å². The van der Waals surface area contributed by atoms with Crippen molar-refractivity contribution in [3.05, 3.63) is 59.7 Å². The van der Waals surface area contributed by atoms with Gasteiger partial charge in [0.2, 0.25) is 10.0 Å². The van der Waals surface area contributed by atoms with Crippen molar-refractivity contribution in [1.29, 1.82) is 5.26 Å². The summed E-state index contributed by atoms with van der Waals surface area (Å²) in [6.07, 6.45) is 0.515. The van der Waals surface area contributed by atoms with Crippen LogP contribution in [0.4, 0.5) is 0 Å². The lowest BCUT2D eigenvalue weighted by atomic mass is 10.1. The van der Waals surface area contributed by atoms with Gasteiger partial charge in [-0.15, -0.1) is 0 Å². The van der Waals surface area contributed by atoms with Gasteiger partial charge in [-0.25, -0.2) is 13.1 Å². The number of hydrogen-bond donors (Lipinski definition) is 1. The van der Waals surface area contributed by atoms with E-state index >= 15 is 0 Å². The Morgan fingerprint density at radius 3 is 2.68 bits per heavy atom. The van der Waals surface area contributed by atoms with Crippen molar-refractivity contribution in [3.63, 3.8) is 0 Å². The summed E-state index contributed by atoms with van der Waals surface area (Å²) < 4.78 is 32.1. The molecule has 0 saturated heterocycles. The molecule has 0 aliphatic carbocycles. The van der Waals surface area contributed by atoms with E-state index in [-0.39, 0.29) is 11.4 Å². The zero-order valence-corrected chi connectivity index (χ0v) is 12.9. The molecular formula is C16H16N2O3S. The second kappa shape index (κ2) is 7.07. The number of rotatable bonds is 6. The summed E-state index contributed by atoms with van der Waals surface area (Å²) in [7, 11) is -2.04. The first-order valence-corrected chi connectivity index (χ1v) is 8.17. The molecular weight excluding hydrogens is 300 g/mol. The zero-order chi connectivity index (χ0) is 16.0. The Bertz CT molecular complexity index is 795. The highest BCUT2D eigenvalue weighted by Gasteiger charge is 2.14. The maximum absolute atomic E-state index is 12.2. The molecule has 1 N–H and O–H groups in total. The minimum atomic E-state index is -3.62. The highest BCUT2D eigenvalue weighted by molar-refractivity contribution is 7.89. The van der Waals surface area contributed by atoms with E-state index in [9.17, 15) is 8.42 Å². The van der Waals surface area contributed by atoms with Gasteiger partial charge in [0.25, 0.3) is 0 Å². The van der Waals surface area contributed by atoms with Crippen molar-refractivity contribution >= 4 is 10.0 Å². The van der Waals surface area contributed by atoms with Crippen LogP contribution < -0.4 is 9.46 Å². The number of methoxy groups -OCH3 is 1. The molecule has 2 rings (SSSR count). The lowest BCUT2D eigenvalue weighted by Crippen LogP contribution is -2.26. The molecule has 6 heteroatoms. The zero-order valence-electron chi connectivity index (χ0n) is 12.1. The third-order valence-corrected chi connectivity index (χ3v) is 4.61. The molecule has 0 bridgehead atoms. The molecule has 0 spiro atoms. The molecule has 0 radical (unpaired) electrons. The fourth-order valence-electron chi connectivity index (χ4n) is 2.05. The molecule has 0 saturated carbocycles. The summed E-state index contributed by atoms with van der Waals surface area (Å²) >= 11 is 0. The SMILES string of the molecule is COc1ccccc1CCNS(=O)(=O)c1cccc(C#N)c1. The molecule has 22 heavy (non-hydrogen) atoms. The van der Waals surface area contributed by atoms with Crippen molar-refractivity contribution in [1.82, 2.24) is 4.72 Å². The Labute approximate surface area is 130 Å². The minimum Gasteiger partial charge on any atom is -0.496 e. The normalized spacial score (nSPS) is 10.9. The van der Waals surface area contributed by atoms with Crippen LogP contribution in [0.1, 0.15) is 11.1 Å². The number of nitrogens with one attached hydrogen (secondary N) is 1. The molecule has 0 atom stereocenters. The number of hydrogen-bond acceptors (Lipinski definition) is 4. The lowest BCUT2D eigenvalue weighted by molar-refractivity contribution is 0.409. The second-order valence-electron chi connectivity index (χ2n) is 4.60. The molecule has 0 aliphatic heterocycles. The van der Waals surface area contributed by atoms with Crippen molar-refractivity contribution in [2.24, 2.45) is 0 Å². The maximum atomic E-state index is 12.2. The number of nitriles is 1. The van der Waals surface area contributed by atoms with Crippen LogP contribution in [-0.4, -0.2) is 22.1 Å². The van der Waals surface area contributed by atoms with E-state index in [0.29, 0.717) is 12.0 Å². The predicted molar refractivity (Wildman–Crippen MR) is 83.0 cm³/mol. The fourth-order valence-corrected chi connectivity index (χ4v) is 3.12. The number of ether oxygens (including phenoxy) is 1. The van der Waals surface area contributed by atoms with Gasteiger partial charge in [-0.2, -0.15) is 5.26 Å². The van der Waals surface area contributed by atoms with Crippen molar-refractivity contribution < 1.29 is 13.2 Å². The molecule has 5 nitrogen and oxygen atoms in total. The molecule has 2 aromatic rings. The average molecular weight is 316 g/mol. The minimum absolute atomic E-state index is 0.0894. The van der Waals surface area contributed by atoms with Crippen molar-refractivity contribution in [2.75, 3.05) is 13.7 Å². The van der Waals surface area contributed by atoms with Gasteiger partial charge in [0.05, 0.1) is 23.6 Å². The van der Waals surface area contributed by atoms with E-state index in [2.05, 4.69) is 4.72 Å². The molecule has 2 aromatic carbocycles. The molecule has 0 aliphatic rings. The van der Waals surface area contributed by atoms with E-state index < -0.39 is 10.0 Å². The molecule has 0 heterocycles. The third kappa shape index (κ3) is 3.85. The van der Waals surface area contributed by atoms with Gasteiger partial charge in [-0.3, -0.25) is 0 Å². The number of para-hydroxylation sites is 1. The second-order valence-corrected chi connectivity index (χ2v) is 6.37. The van der Waals surface area contributed by atoms with Crippen molar-refractivity contribution in [2.45, 2.75) is 11.3 Å². The molecule has 0 fully saturated rings. The Morgan fingerprint density at radius 2 is 1.95 bits per heavy atom. The summed E-state index contributed by atoms with van der Waals surface area (Å²) in [6.45, 7) is 0.249. The summed E-state index contributed by atoms with van der Waals surface area (Å²) in [6, 6.07) is 15.3. The first kappa shape index (κ1) is 16.0. The predicted octanol–water partition coefficient (Wildman–Crippen LogP) is 2.09. The Morgan fingerprint density at radius 1 is 1.18 bits per heavy atom. The Hall–Kier alpha value is -2.36. The monoisotopic (exact) mass is 316 g/mol. The summed E-state index contributed by atoms with van der Waals surface area (Å²) in [5, 5.41) is 8.83. The van der Waals surface area contributed by atoms with Crippen LogP contribution in [0.5, 0.6) is 5.75 Å². The molecule has 0 unspecified atom stereocenters. The Balaban J connectivity index is 2.05. The van der Waals surface area contributed by atoms with Gasteiger partial charge in [-0.05, 0) is 36.2 Å².